The average Bonchev–Trinajstić information content (AvgIpc) is 2.65. The van der Waals surface area contributed by atoms with E-state index in [0.717, 1.165) is 33.3 Å². The van der Waals surface area contributed by atoms with Gasteiger partial charge in [0, 0.05) is 23.1 Å². The fourth-order valence-electron chi connectivity index (χ4n) is 3.54. The first kappa shape index (κ1) is 22.2. The van der Waals surface area contributed by atoms with E-state index in [1.807, 2.05) is 58.0 Å². The summed E-state index contributed by atoms with van der Waals surface area (Å²) in [7, 11) is 1.63. The molecule has 2 aromatic carbocycles. The summed E-state index contributed by atoms with van der Waals surface area (Å²) >= 11 is 6.10. The van der Waals surface area contributed by atoms with Crippen LogP contribution in [-0.4, -0.2) is 28.8 Å². The molecule has 0 spiro atoms. The third-order valence-corrected chi connectivity index (χ3v) is 4.93. The van der Waals surface area contributed by atoms with Crippen molar-refractivity contribution in [1.29, 1.82) is 0 Å². The van der Waals surface area contributed by atoms with Crippen molar-refractivity contribution in [2.75, 3.05) is 7.11 Å². The Hall–Kier alpha value is -2.47. The van der Waals surface area contributed by atoms with Crippen LogP contribution in [0.5, 0.6) is 0 Å². The number of nitrogens with zero attached hydrogens (tertiary/aromatic N) is 1. The first-order valence-electron chi connectivity index (χ1n) is 9.69. The fourth-order valence-corrected chi connectivity index (χ4v) is 3.67. The zero-order chi connectivity index (χ0) is 22.1. The number of methoxy groups -OCH3 is 1. The minimum absolute atomic E-state index is 0.401. The van der Waals surface area contributed by atoms with E-state index in [4.69, 9.17) is 26.1 Å². The van der Waals surface area contributed by atoms with Crippen LogP contribution in [0.4, 0.5) is 0 Å². The standard InChI is InChI=1S/C24H26ClNO4/c1-14-12-19-18(11-10-17(26-19)13-29-5)21(15-6-8-16(25)9-7-15)20(14)22(23(27)28)30-24(2,3)4/h6-12,22H,13H2,1-5H3,(H,27,28)/t22-/m0/s1. The fraction of sp³-hybridized carbons (Fsp3) is 0.333. The van der Waals surface area contributed by atoms with Gasteiger partial charge in [0.1, 0.15) is 0 Å². The molecule has 1 N–H and O–H groups in total. The number of carboxylic acids is 1. The minimum atomic E-state index is -1.13. The van der Waals surface area contributed by atoms with Crippen LogP contribution in [0.3, 0.4) is 0 Å². The van der Waals surface area contributed by atoms with Crippen molar-refractivity contribution >= 4 is 28.5 Å². The molecule has 3 rings (SSSR count). The lowest BCUT2D eigenvalue weighted by atomic mass is 9.88. The highest BCUT2D eigenvalue weighted by atomic mass is 35.5. The van der Waals surface area contributed by atoms with E-state index in [1.54, 1.807) is 19.2 Å². The van der Waals surface area contributed by atoms with Gasteiger partial charge in [0.15, 0.2) is 6.10 Å². The van der Waals surface area contributed by atoms with Gasteiger partial charge >= 0.3 is 5.97 Å². The Labute approximate surface area is 181 Å². The van der Waals surface area contributed by atoms with Gasteiger partial charge < -0.3 is 14.6 Å². The quantitative estimate of drug-likeness (QED) is 0.526. The Bertz CT molecular complexity index is 1070. The molecular formula is C24H26ClNO4. The summed E-state index contributed by atoms with van der Waals surface area (Å²) in [5.41, 5.74) is 4.00. The number of hydrogen-bond acceptors (Lipinski definition) is 4. The van der Waals surface area contributed by atoms with E-state index in [0.29, 0.717) is 17.2 Å². The van der Waals surface area contributed by atoms with Gasteiger partial charge in [0.25, 0.3) is 0 Å². The molecule has 0 aliphatic rings. The van der Waals surface area contributed by atoms with Gasteiger partial charge in [-0.2, -0.15) is 0 Å². The largest absolute Gasteiger partial charge is 0.479 e. The molecule has 1 atom stereocenters. The van der Waals surface area contributed by atoms with Crippen molar-refractivity contribution in [3.63, 3.8) is 0 Å². The molecule has 30 heavy (non-hydrogen) atoms. The summed E-state index contributed by atoms with van der Waals surface area (Å²) in [5.74, 6) is -1.04. The summed E-state index contributed by atoms with van der Waals surface area (Å²) in [5, 5.41) is 11.5. The predicted molar refractivity (Wildman–Crippen MR) is 119 cm³/mol. The van der Waals surface area contributed by atoms with Gasteiger partial charge in [-0.3, -0.25) is 4.98 Å². The Kier molecular flexibility index (Phi) is 6.46. The Morgan fingerprint density at radius 3 is 2.40 bits per heavy atom. The van der Waals surface area contributed by atoms with Crippen LogP contribution in [0.15, 0.2) is 42.5 Å². The molecule has 0 fully saturated rings. The second-order valence-electron chi connectivity index (χ2n) is 8.24. The highest BCUT2D eigenvalue weighted by Crippen LogP contribution is 2.40. The molecule has 6 heteroatoms. The second kappa shape index (κ2) is 8.72. The Balaban J connectivity index is 2.36. The first-order valence-corrected chi connectivity index (χ1v) is 10.1. The van der Waals surface area contributed by atoms with Crippen molar-refractivity contribution < 1.29 is 19.4 Å². The van der Waals surface area contributed by atoms with Crippen molar-refractivity contribution in [2.45, 2.75) is 46.0 Å². The van der Waals surface area contributed by atoms with Crippen LogP contribution in [0, 0.1) is 6.92 Å². The van der Waals surface area contributed by atoms with Crippen molar-refractivity contribution in [1.82, 2.24) is 4.98 Å². The molecule has 0 aliphatic carbocycles. The van der Waals surface area contributed by atoms with E-state index in [2.05, 4.69) is 0 Å². The van der Waals surface area contributed by atoms with Crippen molar-refractivity contribution in [2.24, 2.45) is 0 Å². The van der Waals surface area contributed by atoms with Gasteiger partial charge in [-0.1, -0.05) is 29.8 Å². The van der Waals surface area contributed by atoms with Gasteiger partial charge in [0.05, 0.1) is 23.4 Å². The molecule has 0 bridgehead atoms. The lowest BCUT2D eigenvalue weighted by Gasteiger charge is -2.28. The molecule has 1 aromatic heterocycles. The van der Waals surface area contributed by atoms with Crippen LogP contribution < -0.4 is 0 Å². The molecule has 5 nitrogen and oxygen atoms in total. The summed E-state index contributed by atoms with van der Waals surface area (Å²) in [6, 6.07) is 13.1. The molecule has 0 radical (unpaired) electrons. The lowest BCUT2D eigenvalue weighted by molar-refractivity contribution is -0.160. The zero-order valence-corrected chi connectivity index (χ0v) is 18.6. The third-order valence-electron chi connectivity index (χ3n) is 4.68. The van der Waals surface area contributed by atoms with Crippen LogP contribution in [-0.2, 0) is 20.9 Å². The number of rotatable bonds is 6. The summed E-state index contributed by atoms with van der Waals surface area (Å²) in [4.78, 5) is 17.0. The molecule has 158 valence electrons. The Morgan fingerprint density at radius 1 is 1.17 bits per heavy atom. The smallest absolute Gasteiger partial charge is 0.337 e. The van der Waals surface area contributed by atoms with Crippen molar-refractivity contribution in [3.05, 3.63) is 64.3 Å². The maximum atomic E-state index is 12.3. The lowest BCUT2D eigenvalue weighted by Crippen LogP contribution is -2.28. The number of carboxylic acid groups (broad SMARTS) is 1. The number of ether oxygens (including phenoxy) is 2. The van der Waals surface area contributed by atoms with Gasteiger partial charge in [-0.25, -0.2) is 4.79 Å². The van der Waals surface area contributed by atoms with E-state index in [1.165, 1.54) is 0 Å². The maximum absolute atomic E-state index is 12.3. The SMILES string of the molecule is COCc1ccc2c(-c3ccc(Cl)cc3)c([C@H](OC(C)(C)C)C(=O)O)c(C)cc2n1. The van der Waals surface area contributed by atoms with E-state index < -0.39 is 17.7 Å². The molecule has 0 aliphatic heterocycles. The third kappa shape index (κ3) is 4.81. The summed E-state index contributed by atoms with van der Waals surface area (Å²) in [6.07, 6.45) is -1.13. The zero-order valence-electron chi connectivity index (χ0n) is 17.8. The van der Waals surface area contributed by atoms with Gasteiger partial charge in [-0.05, 0) is 68.7 Å². The normalized spacial score (nSPS) is 12.9. The topological polar surface area (TPSA) is 68.7 Å². The molecule has 0 saturated heterocycles. The minimum Gasteiger partial charge on any atom is -0.479 e. The van der Waals surface area contributed by atoms with Gasteiger partial charge in [-0.15, -0.1) is 0 Å². The van der Waals surface area contributed by atoms with Gasteiger partial charge in [0.2, 0.25) is 0 Å². The number of halogens is 1. The number of hydrogen-bond donors (Lipinski definition) is 1. The average molecular weight is 428 g/mol. The first-order chi connectivity index (χ1) is 14.1. The maximum Gasteiger partial charge on any atom is 0.337 e. The van der Waals surface area contributed by atoms with Crippen LogP contribution in [0.25, 0.3) is 22.0 Å². The van der Waals surface area contributed by atoms with E-state index in [-0.39, 0.29) is 0 Å². The number of carbonyl (C=O) groups is 1. The second-order valence-corrected chi connectivity index (χ2v) is 8.68. The number of benzene rings is 2. The summed E-state index contributed by atoms with van der Waals surface area (Å²) in [6.45, 7) is 7.83. The molecule has 0 amide bonds. The molecule has 0 saturated carbocycles. The number of fused-ring (bicyclic) bond motifs is 1. The van der Waals surface area contributed by atoms with Crippen LogP contribution in [0.1, 0.15) is 43.7 Å². The Morgan fingerprint density at radius 2 is 1.83 bits per heavy atom. The molecule has 0 unspecified atom stereocenters. The van der Waals surface area contributed by atoms with Crippen molar-refractivity contribution in [3.8, 4) is 11.1 Å². The highest BCUT2D eigenvalue weighted by Gasteiger charge is 2.31. The van der Waals surface area contributed by atoms with Crippen LogP contribution >= 0.6 is 11.6 Å². The van der Waals surface area contributed by atoms with E-state index in [9.17, 15) is 9.90 Å². The molecular weight excluding hydrogens is 402 g/mol. The molecule has 3 aromatic rings. The monoisotopic (exact) mass is 427 g/mol. The molecule has 1 heterocycles. The number of pyridine rings is 1. The predicted octanol–water partition coefficient (Wildman–Crippen LogP) is 5.95. The number of aryl methyl sites for hydroxylation is 1. The highest BCUT2D eigenvalue weighted by molar-refractivity contribution is 6.30. The number of aromatic nitrogens is 1. The van der Waals surface area contributed by atoms with E-state index >= 15 is 0 Å². The van der Waals surface area contributed by atoms with Crippen LogP contribution in [0.2, 0.25) is 5.02 Å². The number of aliphatic carboxylic acids is 1. The summed E-state index contributed by atoms with van der Waals surface area (Å²) < 4.78 is 11.2.